The van der Waals surface area contributed by atoms with Gasteiger partial charge >= 0.3 is 0 Å². The third-order valence-electron chi connectivity index (χ3n) is 13.6. The molecule has 0 saturated heterocycles. The maximum absolute atomic E-state index is 6.81. The number of unbranched alkanes of at least 4 members (excludes halogenated alkanes) is 24. The molecule has 0 bridgehead atoms. The highest BCUT2D eigenvalue weighted by molar-refractivity contribution is 5.47. The Hall–Kier alpha value is -3.14. The lowest BCUT2D eigenvalue weighted by Crippen LogP contribution is -2.34. The molecule has 0 saturated carbocycles. The summed E-state index contributed by atoms with van der Waals surface area (Å²) in [4.78, 5) is 0. The Morgan fingerprint density at radius 1 is 0.315 bits per heavy atom. The fraction of sp³-hybridized carbons (Fsp3) is 0.667. The van der Waals surface area contributed by atoms with Gasteiger partial charge in [-0.1, -0.05) is 245 Å². The minimum Gasteiger partial charge on any atom is -0.379 e. The van der Waals surface area contributed by atoms with Crippen LogP contribution in [0.15, 0.2) is 115 Å². The summed E-state index contributed by atoms with van der Waals surface area (Å²) in [5.74, 6) is 0. The van der Waals surface area contributed by atoms with Crippen molar-refractivity contribution in [2.24, 2.45) is 0 Å². The Kier molecular flexibility index (Phi) is 42.6. The third kappa shape index (κ3) is 33.5. The molecule has 3 rings (SSSR count). The first-order valence-corrected chi connectivity index (χ1v) is 29.9. The summed E-state index contributed by atoms with van der Waals surface area (Å²) < 4.78 is 42.9. The molecular formula is C66H106O7. The highest BCUT2D eigenvalue weighted by Crippen LogP contribution is 2.40. The predicted molar refractivity (Wildman–Crippen MR) is 308 cm³/mol. The second-order valence-corrected chi connectivity index (χ2v) is 20.0. The Morgan fingerprint density at radius 3 is 1.00 bits per heavy atom. The molecule has 0 heterocycles. The van der Waals surface area contributed by atoms with Crippen LogP contribution in [0.4, 0.5) is 0 Å². The minimum absolute atomic E-state index is 0.0580. The molecule has 0 radical (unpaired) electrons. The van der Waals surface area contributed by atoms with Crippen molar-refractivity contribution in [3.8, 4) is 0 Å². The lowest BCUT2D eigenvalue weighted by atomic mass is 9.80. The summed E-state index contributed by atoms with van der Waals surface area (Å²) in [5.41, 5.74) is 2.49. The van der Waals surface area contributed by atoms with E-state index < -0.39 is 5.60 Å². The summed E-state index contributed by atoms with van der Waals surface area (Å²) in [5, 5.41) is 0. The topological polar surface area (TPSA) is 64.6 Å². The summed E-state index contributed by atoms with van der Waals surface area (Å²) >= 11 is 0. The number of rotatable bonds is 53. The van der Waals surface area contributed by atoms with Gasteiger partial charge in [0.25, 0.3) is 0 Å². The van der Waals surface area contributed by atoms with Crippen LogP contribution < -0.4 is 0 Å². The van der Waals surface area contributed by atoms with E-state index in [-0.39, 0.29) is 6.10 Å². The first kappa shape index (κ1) is 64.1. The van der Waals surface area contributed by atoms with Gasteiger partial charge in [0.15, 0.2) is 0 Å². The van der Waals surface area contributed by atoms with Crippen molar-refractivity contribution in [1.29, 1.82) is 0 Å². The van der Waals surface area contributed by atoms with E-state index in [9.17, 15) is 0 Å². The molecule has 0 fully saturated rings. The van der Waals surface area contributed by atoms with Crippen LogP contribution in [0.25, 0.3) is 0 Å². The molecule has 0 N–H and O–H groups in total. The van der Waals surface area contributed by atoms with E-state index >= 15 is 0 Å². The Bertz CT molecular complexity index is 1540. The Morgan fingerprint density at radius 2 is 0.616 bits per heavy atom. The van der Waals surface area contributed by atoms with E-state index in [0.29, 0.717) is 66.1 Å². The van der Waals surface area contributed by atoms with E-state index in [1.54, 1.807) is 0 Å². The van der Waals surface area contributed by atoms with E-state index in [0.717, 1.165) is 42.7 Å². The monoisotopic (exact) mass is 1010 g/mol. The maximum Gasteiger partial charge on any atom is 0.143 e. The Labute approximate surface area is 447 Å². The van der Waals surface area contributed by atoms with Crippen molar-refractivity contribution in [2.75, 3.05) is 79.3 Å². The van der Waals surface area contributed by atoms with Crippen molar-refractivity contribution in [2.45, 2.75) is 205 Å². The molecular weight excluding hydrogens is 905 g/mol. The van der Waals surface area contributed by atoms with E-state index in [4.69, 9.17) is 33.2 Å². The molecule has 0 aliphatic carbocycles. The van der Waals surface area contributed by atoms with Gasteiger partial charge < -0.3 is 33.2 Å². The van der Waals surface area contributed by atoms with Crippen LogP contribution in [0.5, 0.6) is 0 Å². The molecule has 7 nitrogen and oxygen atoms in total. The fourth-order valence-electron chi connectivity index (χ4n) is 9.31. The van der Waals surface area contributed by atoms with Crippen LogP contribution in [0.1, 0.15) is 210 Å². The average molecular weight is 1010 g/mol. The van der Waals surface area contributed by atoms with Gasteiger partial charge in [-0.2, -0.15) is 0 Å². The molecule has 3 aromatic carbocycles. The van der Waals surface area contributed by atoms with Gasteiger partial charge in [0.1, 0.15) is 11.7 Å². The number of hydrogen-bond acceptors (Lipinski definition) is 7. The van der Waals surface area contributed by atoms with Crippen molar-refractivity contribution < 1.29 is 33.2 Å². The van der Waals surface area contributed by atoms with Gasteiger partial charge in [0, 0.05) is 13.2 Å². The maximum atomic E-state index is 6.81. The number of allylic oxidation sites excluding steroid dienone is 4. The molecule has 0 aliphatic heterocycles. The molecule has 7 heteroatoms. The largest absolute Gasteiger partial charge is 0.379 e. The van der Waals surface area contributed by atoms with Crippen molar-refractivity contribution in [1.82, 2.24) is 0 Å². The van der Waals surface area contributed by atoms with Crippen LogP contribution in [0, 0.1) is 0 Å². The smallest absolute Gasteiger partial charge is 0.143 e. The minimum atomic E-state index is -0.750. The molecule has 0 aromatic heterocycles. The van der Waals surface area contributed by atoms with E-state index in [2.05, 4.69) is 111 Å². The zero-order valence-electron chi connectivity index (χ0n) is 46.7. The summed E-state index contributed by atoms with van der Waals surface area (Å²) in [6, 6.07) is 31.3. The lowest BCUT2D eigenvalue weighted by Gasteiger charge is -2.36. The highest BCUT2D eigenvalue weighted by atomic mass is 16.6. The summed E-state index contributed by atoms with van der Waals surface area (Å²) in [6.07, 6.45) is 46.2. The molecule has 0 spiro atoms. The summed E-state index contributed by atoms with van der Waals surface area (Å²) in [7, 11) is 0. The molecule has 1 atom stereocenters. The second-order valence-electron chi connectivity index (χ2n) is 20.0. The number of ether oxygens (including phenoxy) is 7. The van der Waals surface area contributed by atoms with Gasteiger partial charge in [-0.25, -0.2) is 0 Å². The number of hydrogen-bond donors (Lipinski definition) is 0. The van der Waals surface area contributed by atoms with Crippen LogP contribution in [0.2, 0.25) is 0 Å². The van der Waals surface area contributed by atoms with Crippen LogP contribution in [0.3, 0.4) is 0 Å². The van der Waals surface area contributed by atoms with Crippen molar-refractivity contribution in [3.05, 3.63) is 132 Å². The van der Waals surface area contributed by atoms with Crippen LogP contribution in [-0.2, 0) is 38.8 Å². The Balaban J connectivity index is 1.23. The predicted octanol–water partition coefficient (Wildman–Crippen LogP) is 17.5. The summed E-state index contributed by atoms with van der Waals surface area (Å²) in [6.45, 7) is 11.1. The quantitative estimate of drug-likeness (QED) is 0.0317. The SMILES string of the molecule is CCCCCCCC/C=C\CCCCCCCCOCC(COCCOCCOCCOCCOC(c1ccccc1)(c1ccccc1)c1ccccc1)OCCCCCCCC/C=C\CCCCCCCC. The van der Waals surface area contributed by atoms with Crippen LogP contribution >= 0.6 is 0 Å². The highest BCUT2D eigenvalue weighted by Gasteiger charge is 2.37. The third-order valence-corrected chi connectivity index (χ3v) is 13.6. The van der Waals surface area contributed by atoms with E-state index in [1.807, 2.05) is 18.2 Å². The van der Waals surface area contributed by atoms with Gasteiger partial charge in [-0.05, 0) is 80.9 Å². The molecule has 0 aliphatic rings. The average Bonchev–Trinajstić information content (AvgIpc) is 3.43. The zero-order chi connectivity index (χ0) is 51.5. The molecule has 0 amide bonds. The normalized spacial score (nSPS) is 12.5. The lowest BCUT2D eigenvalue weighted by molar-refractivity contribution is -0.0704. The van der Waals surface area contributed by atoms with E-state index in [1.165, 1.54) is 167 Å². The first-order valence-electron chi connectivity index (χ1n) is 29.9. The first-order chi connectivity index (χ1) is 36.3. The number of benzene rings is 3. The van der Waals surface area contributed by atoms with Crippen molar-refractivity contribution in [3.63, 3.8) is 0 Å². The zero-order valence-corrected chi connectivity index (χ0v) is 46.7. The molecule has 412 valence electrons. The standard InChI is InChI=1S/C66H106O7/c1-3-5-7-9-11-13-15-17-19-21-23-25-27-29-31-42-50-70-60-65(72-51-43-32-30-28-26-24-22-20-18-16-14-12-10-8-6-4-2)61-71-57-56-68-53-52-67-54-55-69-58-59-73-66(62-44-36-33-37-45-62,63-46-38-34-39-47-63)64-48-40-35-41-49-64/h17-20,33-41,44-49,65H,3-16,21-32,42-43,50-61H2,1-2H3/b19-17-,20-18-. The molecule has 3 aromatic rings. The van der Waals surface area contributed by atoms with Crippen molar-refractivity contribution >= 4 is 0 Å². The van der Waals surface area contributed by atoms with Crippen LogP contribution in [-0.4, -0.2) is 85.4 Å². The van der Waals surface area contributed by atoms with Gasteiger partial charge in [0.05, 0.1) is 66.1 Å². The second kappa shape index (κ2) is 48.5. The van der Waals surface area contributed by atoms with Gasteiger partial charge in [-0.3, -0.25) is 0 Å². The van der Waals surface area contributed by atoms with Gasteiger partial charge in [0.2, 0.25) is 0 Å². The molecule has 73 heavy (non-hydrogen) atoms. The fourth-order valence-corrected chi connectivity index (χ4v) is 9.31. The van der Waals surface area contributed by atoms with Gasteiger partial charge in [-0.15, -0.1) is 0 Å². The molecule has 1 unspecified atom stereocenters.